The van der Waals surface area contributed by atoms with Gasteiger partial charge in [-0.3, -0.25) is 0 Å². The Hall–Kier alpha value is -0.250. The minimum atomic E-state index is 0. The summed E-state index contributed by atoms with van der Waals surface area (Å²) in [5.74, 6) is 1.61. The second-order valence-electron chi connectivity index (χ2n) is 3.92. The Balaban J connectivity index is 0.00000128. The van der Waals surface area contributed by atoms with E-state index in [0.717, 1.165) is 23.3 Å². The van der Waals surface area contributed by atoms with E-state index in [2.05, 4.69) is 33.4 Å². The molecule has 0 amide bonds. The van der Waals surface area contributed by atoms with Gasteiger partial charge < -0.3 is 10.1 Å². The van der Waals surface area contributed by atoms with Crippen LogP contribution in [0.3, 0.4) is 0 Å². The number of benzene rings is 1. The van der Waals surface area contributed by atoms with Gasteiger partial charge in [-0.1, -0.05) is 6.07 Å². The fraction of sp³-hybridized carbons (Fsp3) is 0.500. The molecule has 1 fully saturated rings. The number of ether oxygens (including phenoxy) is 1. The maximum Gasteiger partial charge on any atom is 0.133 e. The smallest absolute Gasteiger partial charge is 0.133 e. The predicted molar refractivity (Wildman–Crippen MR) is 72.8 cm³/mol. The molecule has 0 bridgehead atoms. The van der Waals surface area contributed by atoms with Gasteiger partial charge >= 0.3 is 0 Å². The van der Waals surface area contributed by atoms with Crippen LogP contribution in [0.1, 0.15) is 24.3 Å². The highest BCUT2D eigenvalue weighted by Gasteiger charge is 2.15. The molecule has 1 aromatic carbocycles. The molecule has 90 valence electrons. The van der Waals surface area contributed by atoms with Crippen molar-refractivity contribution in [3.05, 3.63) is 28.2 Å². The summed E-state index contributed by atoms with van der Waals surface area (Å²) in [6, 6.07) is 6.41. The highest BCUT2D eigenvalue weighted by Crippen LogP contribution is 2.32. The van der Waals surface area contributed by atoms with Crippen molar-refractivity contribution in [2.75, 3.05) is 20.2 Å². The van der Waals surface area contributed by atoms with Crippen LogP contribution in [-0.2, 0) is 0 Å². The van der Waals surface area contributed by atoms with E-state index in [4.69, 9.17) is 4.74 Å². The lowest BCUT2D eigenvalue weighted by Crippen LogP contribution is -2.26. The third kappa shape index (κ3) is 3.12. The number of hydrogen-bond donors (Lipinski definition) is 1. The molecule has 4 heteroatoms. The molecule has 1 saturated heterocycles. The fourth-order valence-corrected chi connectivity index (χ4v) is 2.65. The summed E-state index contributed by atoms with van der Waals surface area (Å²) in [5.41, 5.74) is 1.42. The highest BCUT2D eigenvalue weighted by molar-refractivity contribution is 9.10. The predicted octanol–water partition coefficient (Wildman–Crippen LogP) is 3.35. The summed E-state index contributed by atoms with van der Waals surface area (Å²) in [7, 11) is 1.70. The topological polar surface area (TPSA) is 21.3 Å². The maximum absolute atomic E-state index is 5.23. The summed E-state index contributed by atoms with van der Waals surface area (Å²) in [6.07, 6.45) is 2.47. The molecule has 0 radical (unpaired) electrons. The van der Waals surface area contributed by atoms with Gasteiger partial charge in [-0.15, -0.1) is 12.4 Å². The summed E-state index contributed by atoms with van der Waals surface area (Å²) in [6.45, 7) is 2.27. The number of hydrogen-bond acceptors (Lipinski definition) is 2. The van der Waals surface area contributed by atoms with Gasteiger partial charge in [-0.25, -0.2) is 0 Å². The summed E-state index contributed by atoms with van der Waals surface area (Å²) < 4.78 is 6.28. The van der Waals surface area contributed by atoms with E-state index >= 15 is 0 Å². The zero-order valence-electron chi connectivity index (χ0n) is 9.33. The minimum Gasteiger partial charge on any atom is -0.496 e. The van der Waals surface area contributed by atoms with Crippen LogP contribution >= 0.6 is 28.3 Å². The number of piperidine rings is 1. The first-order valence-electron chi connectivity index (χ1n) is 5.35. The summed E-state index contributed by atoms with van der Waals surface area (Å²) in [4.78, 5) is 0. The molecule has 0 aromatic heterocycles. The van der Waals surface area contributed by atoms with Crippen molar-refractivity contribution >= 4 is 28.3 Å². The lowest BCUT2D eigenvalue weighted by Gasteiger charge is -2.23. The quantitative estimate of drug-likeness (QED) is 0.905. The van der Waals surface area contributed by atoms with Gasteiger partial charge in [0.25, 0.3) is 0 Å². The Morgan fingerprint density at radius 1 is 1.31 bits per heavy atom. The highest BCUT2D eigenvalue weighted by atomic mass is 79.9. The third-order valence-electron chi connectivity index (χ3n) is 2.99. The first kappa shape index (κ1) is 13.8. The van der Waals surface area contributed by atoms with Gasteiger partial charge in [0.15, 0.2) is 0 Å². The van der Waals surface area contributed by atoms with E-state index in [0.29, 0.717) is 5.92 Å². The van der Waals surface area contributed by atoms with Crippen LogP contribution in [0.25, 0.3) is 0 Å². The van der Waals surface area contributed by atoms with Crippen molar-refractivity contribution in [3.8, 4) is 5.75 Å². The first-order chi connectivity index (χ1) is 7.31. The molecule has 1 heterocycles. The van der Waals surface area contributed by atoms with Crippen molar-refractivity contribution < 1.29 is 4.74 Å². The zero-order valence-corrected chi connectivity index (χ0v) is 11.7. The molecule has 2 nitrogen and oxygen atoms in total. The zero-order chi connectivity index (χ0) is 10.7. The number of methoxy groups -OCH3 is 1. The van der Waals surface area contributed by atoms with Gasteiger partial charge in [0.2, 0.25) is 0 Å². The molecule has 0 saturated carbocycles. The monoisotopic (exact) mass is 305 g/mol. The van der Waals surface area contributed by atoms with Crippen molar-refractivity contribution in [1.82, 2.24) is 5.32 Å². The van der Waals surface area contributed by atoms with Gasteiger partial charge in [0.1, 0.15) is 5.75 Å². The normalized spacial score (nSPS) is 16.6. The van der Waals surface area contributed by atoms with E-state index in [1.54, 1.807) is 7.11 Å². The largest absolute Gasteiger partial charge is 0.496 e. The maximum atomic E-state index is 5.23. The van der Waals surface area contributed by atoms with E-state index in [-0.39, 0.29) is 12.4 Å². The van der Waals surface area contributed by atoms with Crippen LogP contribution in [0.15, 0.2) is 22.7 Å². The standard InChI is InChI=1S/C12H16BrNO.ClH/c1-15-12-3-2-10(8-11(12)13)9-4-6-14-7-5-9;/h2-3,8-9,14H,4-7H2,1H3;1H. The second-order valence-corrected chi connectivity index (χ2v) is 4.77. The molecule has 0 unspecified atom stereocenters. The average molecular weight is 307 g/mol. The second kappa shape index (κ2) is 6.48. The molecule has 1 aromatic rings. The van der Waals surface area contributed by atoms with Gasteiger partial charge in [0.05, 0.1) is 11.6 Å². The molecule has 0 atom stereocenters. The lowest BCUT2D eigenvalue weighted by molar-refractivity contribution is 0.411. The molecule has 0 spiro atoms. The molecule has 1 aliphatic heterocycles. The molecule has 1 N–H and O–H groups in total. The molecular weight excluding hydrogens is 289 g/mol. The Bertz CT molecular complexity index is 340. The van der Waals surface area contributed by atoms with Gasteiger partial charge in [0, 0.05) is 0 Å². The molecule has 1 aliphatic rings. The summed E-state index contributed by atoms with van der Waals surface area (Å²) >= 11 is 3.53. The molecule has 16 heavy (non-hydrogen) atoms. The average Bonchev–Trinajstić information content (AvgIpc) is 2.30. The van der Waals surface area contributed by atoms with Crippen LogP contribution in [0.5, 0.6) is 5.75 Å². The van der Waals surface area contributed by atoms with Crippen LogP contribution < -0.4 is 10.1 Å². The van der Waals surface area contributed by atoms with Crippen molar-refractivity contribution in [3.63, 3.8) is 0 Å². The van der Waals surface area contributed by atoms with Crippen molar-refractivity contribution in [1.29, 1.82) is 0 Å². The number of nitrogens with one attached hydrogen (secondary N) is 1. The molecule has 2 rings (SSSR count). The Labute approximate surface area is 111 Å². The SMILES string of the molecule is COc1ccc(C2CCNCC2)cc1Br.Cl. The molecule has 0 aliphatic carbocycles. The van der Waals surface area contributed by atoms with Gasteiger partial charge in [-0.2, -0.15) is 0 Å². The Morgan fingerprint density at radius 2 is 2.00 bits per heavy atom. The van der Waals surface area contributed by atoms with Crippen LogP contribution in [0, 0.1) is 0 Å². The van der Waals surface area contributed by atoms with E-state index in [9.17, 15) is 0 Å². The first-order valence-corrected chi connectivity index (χ1v) is 6.14. The number of halogens is 2. The van der Waals surface area contributed by atoms with Crippen molar-refractivity contribution in [2.24, 2.45) is 0 Å². The fourth-order valence-electron chi connectivity index (χ4n) is 2.09. The van der Waals surface area contributed by atoms with Gasteiger partial charge in [-0.05, 0) is 65.5 Å². The summed E-state index contributed by atoms with van der Waals surface area (Å²) in [5, 5.41) is 3.39. The van der Waals surface area contributed by atoms with E-state index in [1.807, 2.05) is 6.07 Å². The minimum absolute atomic E-state index is 0. The Morgan fingerprint density at radius 3 is 2.56 bits per heavy atom. The van der Waals surface area contributed by atoms with E-state index < -0.39 is 0 Å². The third-order valence-corrected chi connectivity index (χ3v) is 3.61. The van der Waals surface area contributed by atoms with Crippen LogP contribution in [0.2, 0.25) is 0 Å². The van der Waals surface area contributed by atoms with Crippen molar-refractivity contribution in [2.45, 2.75) is 18.8 Å². The number of rotatable bonds is 2. The Kier molecular flexibility index (Phi) is 5.59. The molecular formula is C12H17BrClNO. The van der Waals surface area contributed by atoms with E-state index in [1.165, 1.54) is 18.4 Å². The lowest BCUT2D eigenvalue weighted by atomic mass is 9.90. The van der Waals surface area contributed by atoms with Crippen LogP contribution in [0.4, 0.5) is 0 Å². The van der Waals surface area contributed by atoms with Crippen LogP contribution in [-0.4, -0.2) is 20.2 Å².